The summed E-state index contributed by atoms with van der Waals surface area (Å²) in [5.41, 5.74) is 1.25. The molecular formula is C15H16ClFN2O2. The van der Waals surface area contributed by atoms with Crippen molar-refractivity contribution in [3.05, 3.63) is 52.6 Å². The maximum atomic E-state index is 13.9. The fraction of sp³-hybridized carbons (Fsp3) is 0.267. The fourth-order valence-corrected chi connectivity index (χ4v) is 2.52. The second kappa shape index (κ2) is 6.74. The number of pyridine rings is 1. The largest absolute Gasteiger partial charge is 0.493 e. The fourth-order valence-electron chi connectivity index (χ4n) is 2.23. The lowest BCUT2D eigenvalue weighted by Crippen LogP contribution is -2.19. The Labute approximate surface area is 127 Å². The Morgan fingerprint density at radius 3 is 2.62 bits per heavy atom. The van der Waals surface area contributed by atoms with E-state index >= 15 is 0 Å². The number of hydrogen-bond donors (Lipinski definition) is 1. The lowest BCUT2D eigenvalue weighted by Gasteiger charge is -2.20. The molecule has 2 rings (SSSR count). The van der Waals surface area contributed by atoms with E-state index in [0.29, 0.717) is 22.1 Å². The van der Waals surface area contributed by atoms with Gasteiger partial charge in [-0.3, -0.25) is 4.98 Å². The highest BCUT2D eigenvalue weighted by atomic mass is 35.5. The molecule has 0 aliphatic heterocycles. The summed E-state index contributed by atoms with van der Waals surface area (Å²) in [7, 11) is 4.79. The van der Waals surface area contributed by atoms with Crippen LogP contribution >= 0.6 is 11.6 Å². The predicted molar refractivity (Wildman–Crippen MR) is 79.7 cm³/mol. The minimum absolute atomic E-state index is 0.370. The molecule has 112 valence electrons. The van der Waals surface area contributed by atoms with Gasteiger partial charge in [-0.2, -0.15) is 0 Å². The molecule has 0 fully saturated rings. The summed E-state index contributed by atoms with van der Waals surface area (Å²) in [6, 6.07) is 4.75. The van der Waals surface area contributed by atoms with E-state index in [1.54, 1.807) is 31.4 Å². The van der Waals surface area contributed by atoms with E-state index in [4.69, 9.17) is 21.1 Å². The van der Waals surface area contributed by atoms with Crippen LogP contribution in [0.5, 0.6) is 11.5 Å². The third-order valence-electron chi connectivity index (χ3n) is 3.19. The number of nitrogens with zero attached hydrogens (tertiary/aromatic N) is 1. The SMILES string of the molecule is CNC(c1cc(Cl)c(OC)c(OC)c1)c1ccncc1F. The zero-order chi connectivity index (χ0) is 15.4. The van der Waals surface area contributed by atoms with Crippen molar-refractivity contribution in [3.63, 3.8) is 0 Å². The Kier molecular flexibility index (Phi) is 4.98. The van der Waals surface area contributed by atoms with Crippen LogP contribution in [-0.4, -0.2) is 26.3 Å². The zero-order valence-corrected chi connectivity index (χ0v) is 12.7. The number of hydrogen-bond acceptors (Lipinski definition) is 4. The molecule has 0 saturated heterocycles. The molecular weight excluding hydrogens is 295 g/mol. The lowest BCUT2D eigenvalue weighted by atomic mass is 9.99. The molecule has 0 aliphatic rings. The maximum absolute atomic E-state index is 13.9. The topological polar surface area (TPSA) is 43.4 Å². The van der Waals surface area contributed by atoms with Gasteiger partial charge < -0.3 is 14.8 Å². The Morgan fingerprint density at radius 1 is 1.29 bits per heavy atom. The number of rotatable bonds is 5. The first-order valence-electron chi connectivity index (χ1n) is 6.30. The first kappa shape index (κ1) is 15.5. The van der Waals surface area contributed by atoms with Crippen molar-refractivity contribution >= 4 is 11.6 Å². The number of benzene rings is 1. The third kappa shape index (κ3) is 3.09. The van der Waals surface area contributed by atoms with Crippen LogP contribution in [0.4, 0.5) is 4.39 Å². The summed E-state index contributed by atoms with van der Waals surface area (Å²) in [4.78, 5) is 3.76. The number of nitrogens with one attached hydrogen (secondary N) is 1. The summed E-state index contributed by atoms with van der Waals surface area (Å²) < 4.78 is 24.4. The van der Waals surface area contributed by atoms with Crippen LogP contribution in [-0.2, 0) is 0 Å². The molecule has 0 saturated carbocycles. The minimum Gasteiger partial charge on any atom is -0.493 e. The molecule has 21 heavy (non-hydrogen) atoms. The van der Waals surface area contributed by atoms with Gasteiger partial charge in [0, 0.05) is 11.8 Å². The summed E-state index contributed by atoms with van der Waals surface area (Å²) >= 11 is 6.20. The number of aromatic nitrogens is 1. The van der Waals surface area contributed by atoms with Gasteiger partial charge in [-0.15, -0.1) is 0 Å². The average molecular weight is 311 g/mol. The van der Waals surface area contributed by atoms with Crippen molar-refractivity contribution in [2.45, 2.75) is 6.04 Å². The molecule has 1 N–H and O–H groups in total. The standard InChI is InChI=1S/C15H16ClFN2O2/c1-18-14(10-4-5-19-8-12(10)17)9-6-11(16)15(21-3)13(7-9)20-2/h4-8,14,18H,1-3H3. The van der Waals surface area contributed by atoms with Crippen LogP contribution in [0.3, 0.4) is 0 Å². The number of methoxy groups -OCH3 is 2. The normalized spacial score (nSPS) is 12.0. The van der Waals surface area contributed by atoms with Crippen LogP contribution in [0.15, 0.2) is 30.6 Å². The highest BCUT2D eigenvalue weighted by Gasteiger charge is 2.20. The lowest BCUT2D eigenvalue weighted by molar-refractivity contribution is 0.354. The monoisotopic (exact) mass is 310 g/mol. The van der Waals surface area contributed by atoms with Gasteiger partial charge in [0.15, 0.2) is 11.5 Å². The van der Waals surface area contributed by atoms with Gasteiger partial charge in [-0.05, 0) is 30.8 Å². The van der Waals surface area contributed by atoms with E-state index < -0.39 is 0 Å². The third-order valence-corrected chi connectivity index (χ3v) is 3.47. The van der Waals surface area contributed by atoms with Crippen LogP contribution in [0.2, 0.25) is 5.02 Å². The highest BCUT2D eigenvalue weighted by molar-refractivity contribution is 6.32. The van der Waals surface area contributed by atoms with Crippen LogP contribution in [0.1, 0.15) is 17.2 Å². The molecule has 1 heterocycles. The summed E-state index contributed by atoms with van der Waals surface area (Å²) in [6.07, 6.45) is 2.73. The first-order valence-corrected chi connectivity index (χ1v) is 6.68. The Bertz CT molecular complexity index is 637. The van der Waals surface area contributed by atoms with Gasteiger partial charge in [0.05, 0.1) is 31.5 Å². The van der Waals surface area contributed by atoms with Crippen molar-refractivity contribution in [3.8, 4) is 11.5 Å². The molecule has 4 nitrogen and oxygen atoms in total. The summed E-state index contributed by atoms with van der Waals surface area (Å²) in [5.74, 6) is 0.561. The van der Waals surface area contributed by atoms with Crippen LogP contribution in [0, 0.1) is 5.82 Å². The van der Waals surface area contributed by atoms with Crippen molar-refractivity contribution < 1.29 is 13.9 Å². The molecule has 0 amide bonds. The van der Waals surface area contributed by atoms with Gasteiger partial charge >= 0.3 is 0 Å². The average Bonchev–Trinajstić information content (AvgIpc) is 2.49. The highest BCUT2D eigenvalue weighted by Crippen LogP contribution is 2.38. The Hall–Kier alpha value is -1.85. The summed E-state index contributed by atoms with van der Waals surface area (Å²) in [6.45, 7) is 0. The Morgan fingerprint density at radius 2 is 2.05 bits per heavy atom. The van der Waals surface area contributed by atoms with E-state index in [-0.39, 0.29) is 11.9 Å². The number of ether oxygens (including phenoxy) is 2. The number of halogens is 2. The van der Waals surface area contributed by atoms with Gasteiger partial charge in [-0.25, -0.2) is 4.39 Å². The van der Waals surface area contributed by atoms with E-state index in [9.17, 15) is 4.39 Å². The maximum Gasteiger partial charge on any atom is 0.179 e. The van der Waals surface area contributed by atoms with Crippen molar-refractivity contribution in [1.82, 2.24) is 10.3 Å². The second-order valence-electron chi connectivity index (χ2n) is 4.36. The molecule has 6 heteroatoms. The molecule has 2 aromatic rings. The van der Waals surface area contributed by atoms with Crippen molar-refractivity contribution in [1.29, 1.82) is 0 Å². The summed E-state index contributed by atoms with van der Waals surface area (Å²) in [5, 5.41) is 3.47. The molecule has 1 unspecified atom stereocenters. The van der Waals surface area contributed by atoms with Gasteiger partial charge in [0.2, 0.25) is 0 Å². The van der Waals surface area contributed by atoms with Gasteiger partial charge in [-0.1, -0.05) is 11.6 Å². The molecule has 0 radical (unpaired) electrons. The van der Waals surface area contributed by atoms with Gasteiger partial charge in [0.1, 0.15) is 5.82 Å². The molecule has 0 bridgehead atoms. The second-order valence-corrected chi connectivity index (χ2v) is 4.76. The molecule has 0 spiro atoms. The van der Waals surface area contributed by atoms with Crippen molar-refractivity contribution in [2.24, 2.45) is 0 Å². The van der Waals surface area contributed by atoms with Crippen molar-refractivity contribution in [2.75, 3.05) is 21.3 Å². The Balaban J connectivity index is 2.53. The zero-order valence-electron chi connectivity index (χ0n) is 12.0. The van der Waals surface area contributed by atoms with E-state index in [1.807, 2.05) is 0 Å². The van der Waals surface area contributed by atoms with Crippen LogP contribution < -0.4 is 14.8 Å². The quantitative estimate of drug-likeness (QED) is 0.921. The van der Waals surface area contributed by atoms with E-state index in [2.05, 4.69) is 10.3 Å². The van der Waals surface area contributed by atoms with E-state index in [1.165, 1.54) is 20.4 Å². The smallest absolute Gasteiger partial charge is 0.179 e. The molecule has 0 aliphatic carbocycles. The first-order chi connectivity index (χ1) is 10.1. The van der Waals surface area contributed by atoms with Gasteiger partial charge in [0.25, 0.3) is 0 Å². The molecule has 1 aromatic heterocycles. The minimum atomic E-state index is -0.386. The van der Waals surface area contributed by atoms with E-state index in [0.717, 1.165) is 5.56 Å². The molecule has 1 aromatic carbocycles. The van der Waals surface area contributed by atoms with Crippen LogP contribution in [0.25, 0.3) is 0 Å². The molecule has 1 atom stereocenters. The predicted octanol–water partition coefficient (Wildman–Crippen LogP) is 3.20.